The molecular formula is C17H20ClFN2. The van der Waals surface area contributed by atoms with Crippen molar-refractivity contribution in [1.82, 2.24) is 4.90 Å². The Balaban J connectivity index is 2.18. The van der Waals surface area contributed by atoms with Gasteiger partial charge in [0.15, 0.2) is 0 Å². The maximum Gasteiger partial charge on any atom is 0.123 e. The van der Waals surface area contributed by atoms with Crippen LogP contribution >= 0.6 is 11.6 Å². The standard InChI is InChI=1S/C17H20ClFN2/c1-12(2)21(10-13-4-3-5-16(20)8-13)11-14-9-15(19)6-7-17(14)18/h3-9,12H,10-11,20H2,1-2H3. The molecule has 0 atom stereocenters. The first-order chi connectivity index (χ1) is 9.95. The molecular weight excluding hydrogens is 287 g/mol. The highest BCUT2D eigenvalue weighted by Crippen LogP contribution is 2.21. The highest BCUT2D eigenvalue weighted by atomic mass is 35.5. The van der Waals surface area contributed by atoms with E-state index in [4.69, 9.17) is 17.3 Å². The van der Waals surface area contributed by atoms with Gasteiger partial charge in [-0.3, -0.25) is 4.90 Å². The van der Waals surface area contributed by atoms with E-state index in [1.807, 2.05) is 24.3 Å². The van der Waals surface area contributed by atoms with Crippen LogP contribution in [-0.4, -0.2) is 10.9 Å². The van der Waals surface area contributed by atoms with Gasteiger partial charge in [-0.1, -0.05) is 23.7 Å². The normalized spacial score (nSPS) is 11.3. The summed E-state index contributed by atoms with van der Waals surface area (Å²) >= 11 is 6.16. The van der Waals surface area contributed by atoms with Crippen LogP contribution in [0.2, 0.25) is 5.02 Å². The summed E-state index contributed by atoms with van der Waals surface area (Å²) in [5.41, 5.74) is 8.50. The Kier molecular flexibility index (Phi) is 5.21. The first-order valence-electron chi connectivity index (χ1n) is 6.98. The van der Waals surface area contributed by atoms with Gasteiger partial charge in [-0.15, -0.1) is 0 Å². The van der Waals surface area contributed by atoms with E-state index in [2.05, 4.69) is 18.7 Å². The van der Waals surface area contributed by atoms with Crippen LogP contribution in [-0.2, 0) is 13.1 Å². The molecule has 0 amide bonds. The van der Waals surface area contributed by atoms with Crippen molar-refractivity contribution in [2.24, 2.45) is 0 Å². The molecule has 0 saturated carbocycles. The fraction of sp³-hybridized carbons (Fsp3) is 0.294. The molecule has 0 aliphatic carbocycles. The van der Waals surface area contributed by atoms with Gasteiger partial charge in [0.25, 0.3) is 0 Å². The second-order valence-corrected chi connectivity index (χ2v) is 5.89. The van der Waals surface area contributed by atoms with E-state index in [1.54, 1.807) is 6.07 Å². The van der Waals surface area contributed by atoms with E-state index in [1.165, 1.54) is 12.1 Å². The quantitative estimate of drug-likeness (QED) is 0.826. The molecule has 2 nitrogen and oxygen atoms in total. The van der Waals surface area contributed by atoms with Crippen LogP contribution in [0.5, 0.6) is 0 Å². The predicted octanol–water partition coefficient (Wildman–Crippen LogP) is 4.47. The smallest absolute Gasteiger partial charge is 0.123 e. The average molecular weight is 307 g/mol. The molecule has 2 aromatic carbocycles. The summed E-state index contributed by atoms with van der Waals surface area (Å²) in [5, 5.41) is 0.592. The second-order valence-electron chi connectivity index (χ2n) is 5.48. The number of nitrogen functional groups attached to an aromatic ring is 1. The molecule has 0 aliphatic heterocycles. The highest BCUT2D eigenvalue weighted by Gasteiger charge is 2.13. The van der Waals surface area contributed by atoms with Crippen molar-refractivity contribution >= 4 is 17.3 Å². The Morgan fingerprint density at radius 3 is 2.57 bits per heavy atom. The molecule has 0 fully saturated rings. The maximum absolute atomic E-state index is 13.4. The van der Waals surface area contributed by atoms with Crippen LogP contribution in [0.15, 0.2) is 42.5 Å². The summed E-state index contributed by atoms with van der Waals surface area (Å²) in [6.07, 6.45) is 0. The van der Waals surface area contributed by atoms with Gasteiger partial charge in [0.2, 0.25) is 0 Å². The number of hydrogen-bond acceptors (Lipinski definition) is 2. The van der Waals surface area contributed by atoms with Crippen molar-refractivity contribution in [2.75, 3.05) is 5.73 Å². The minimum absolute atomic E-state index is 0.262. The summed E-state index contributed by atoms with van der Waals surface area (Å²) in [5.74, 6) is -0.262. The lowest BCUT2D eigenvalue weighted by atomic mass is 10.1. The zero-order valence-corrected chi connectivity index (χ0v) is 13.1. The molecule has 0 saturated heterocycles. The lowest BCUT2D eigenvalue weighted by molar-refractivity contribution is 0.203. The molecule has 2 N–H and O–H groups in total. The van der Waals surface area contributed by atoms with Crippen molar-refractivity contribution < 1.29 is 4.39 Å². The Hall–Kier alpha value is -1.58. The Bertz CT molecular complexity index is 613. The molecule has 2 rings (SSSR count). The lowest BCUT2D eigenvalue weighted by Gasteiger charge is -2.27. The van der Waals surface area contributed by atoms with Crippen molar-refractivity contribution in [2.45, 2.75) is 33.0 Å². The number of rotatable bonds is 5. The van der Waals surface area contributed by atoms with Crippen LogP contribution in [0, 0.1) is 5.82 Å². The van der Waals surface area contributed by atoms with Gasteiger partial charge in [0.05, 0.1) is 0 Å². The molecule has 0 heterocycles. The van der Waals surface area contributed by atoms with E-state index >= 15 is 0 Å². The molecule has 0 aromatic heterocycles. The number of hydrogen-bond donors (Lipinski definition) is 1. The molecule has 0 unspecified atom stereocenters. The van der Waals surface area contributed by atoms with Gasteiger partial charge >= 0.3 is 0 Å². The van der Waals surface area contributed by atoms with Gasteiger partial charge in [0, 0.05) is 29.8 Å². The zero-order chi connectivity index (χ0) is 15.4. The van der Waals surface area contributed by atoms with Gasteiger partial charge in [-0.25, -0.2) is 4.39 Å². The molecule has 4 heteroatoms. The second kappa shape index (κ2) is 6.92. The van der Waals surface area contributed by atoms with E-state index in [0.717, 1.165) is 23.4 Å². The minimum Gasteiger partial charge on any atom is -0.399 e. The van der Waals surface area contributed by atoms with Crippen LogP contribution in [0.3, 0.4) is 0 Å². The van der Waals surface area contributed by atoms with Crippen LogP contribution < -0.4 is 5.73 Å². The lowest BCUT2D eigenvalue weighted by Crippen LogP contribution is -2.30. The monoisotopic (exact) mass is 306 g/mol. The fourth-order valence-corrected chi connectivity index (χ4v) is 2.41. The predicted molar refractivity (Wildman–Crippen MR) is 86.6 cm³/mol. The third-order valence-electron chi connectivity index (χ3n) is 3.45. The van der Waals surface area contributed by atoms with Crippen LogP contribution in [0.1, 0.15) is 25.0 Å². The third-order valence-corrected chi connectivity index (χ3v) is 3.82. The Morgan fingerprint density at radius 1 is 1.14 bits per heavy atom. The van der Waals surface area contributed by atoms with E-state index in [-0.39, 0.29) is 5.82 Å². The van der Waals surface area contributed by atoms with Crippen molar-refractivity contribution in [3.05, 3.63) is 64.4 Å². The summed E-state index contributed by atoms with van der Waals surface area (Å²) in [7, 11) is 0. The van der Waals surface area contributed by atoms with Gasteiger partial charge < -0.3 is 5.73 Å². The molecule has 0 aliphatic rings. The molecule has 0 radical (unpaired) electrons. The first kappa shape index (κ1) is 15.8. The Morgan fingerprint density at radius 2 is 1.90 bits per heavy atom. The van der Waals surface area contributed by atoms with Gasteiger partial charge in [0.1, 0.15) is 5.82 Å². The van der Waals surface area contributed by atoms with Crippen LogP contribution in [0.4, 0.5) is 10.1 Å². The topological polar surface area (TPSA) is 29.3 Å². The van der Waals surface area contributed by atoms with E-state index < -0.39 is 0 Å². The fourth-order valence-electron chi connectivity index (χ4n) is 2.23. The van der Waals surface area contributed by atoms with Gasteiger partial charge in [-0.05, 0) is 55.3 Å². The molecule has 21 heavy (non-hydrogen) atoms. The summed E-state index contributed by atoms with van der Waals surface area (Å²) in [6.45, 7) is 5.57. The van der Waals surface area contributed by atoms with Crippen molar-refractivity contribution in [3.8, 4) is 0 Å². The number of benzene rings is 2. The summed E-state index contributed by atoms with van der Waals surface area (Å²) < 4.78 is 13.4. The molecule has 0 bridgehead atoms. The maximum atomic E-state index is 13.4. The van der Waals surface area contributed by atoms with Crippen molar-refractivity contribution in [3.63, 3.8) is 0 Å². The van der Waals surface area contributed by atoms with Crippen molar-refractivity contribution in [1.29, 1.82) is 0 Å². The zero-order valence-electron chi connectivity index (χ0n) is 12.3. The average Bonchev–Trinajstić information content (AvgIpc) is 2.42. The number of halogens is 2. The largest absolute Gasteiger partial charge is 0.399 e. The summed E-state index contributed by atoms with van der Waals surface area (Å²) in [4.78, 5) is 2.23. The van der Waals surface area contributed by atoms with Crippen LogP contribution in [0.25, 0.3) is 0 Å². The molecule has 112 valence electrons. The third kappa shape index (κ3) is 4.45. The Labute approximate surface area is 130 Å². The molecule has 0 spiro atoms. The SMILES string of the molecule is CC(C)N(Cc1cccc(N)c1)Cc1cc(F)ccc1Cl. The highest BCUT2D eigenvalue weighted by molar-refractivity contribution is 6.31. The number of nitrogens with zero attached hydrogens (tertiary/aromatic N) is 1. The minimum atomic E-state index is -0.262. The molecule has 2 aromatic rings. The van der Waals surface area contributed by atoms with E-state index in [0.29, 0.717) is 17.6 Å². The van der Waals surface area contributed by atoms with E-state index in [9.17, 15) is 4.39 Å². The summed E-state index contributed by atoms with van der Waals surface area (Å²) in [6, 6.07) is 12.6. The van der Waals surface area contributed by atoms with Gasteiger partial charge in [-0.2, -0.15) is 0 Å². The number of nitrogens with two attached hydrogens (primary N) is 1. The first-order valence-corrected chi connectivity index (χ1v) is 7.36. The number of anilines is 1.